The molecule has 1 saturated carbocycles. The summed E-state index contributed by atoms with van der Waals surface area (Å²) in [5, 5.41) is 2.83. The molecule has 0 spiro atoms. The largest absolute Gasteiger partial charge is 0.493 e. The molecule has 1 aromatic rings. The number of carbonyl (C=O) groups excluding carboxylic acids is 2. The highest BCUT2D eigenvalue weighted by Crippen LogP contribution is 2.36. The molecule has 1 N–H and O–H groups in total. The van der Waals surface area contributed by atoms with Gasteiger partial charge in [-0.05, 0) is 55.2 Å². The first-order chi connectivity index (χ1) is 14.1. The van der Waals surface area contributed by atoms with Gasteiger partial charge in [0.15, 0.2) is 11.5 Å². The van der Waals surface area contributed by atoms with Crippen LogP contribution in [0, 0.1) is 17.8 Å². The molecule has 2 rings (SSSR count). The van der Waals surface area contributed by atoms with Crippen molar-refractivity contribution >= 4 is 11.9 Å². The van der Waals surface area contributed by atoms with Gasteiger partial charge in [0.05, 0.1) is 14.2 Å². The first kappa shape index (κ1) is 24.0. The molecule has 168 valence electrons. The van der Waals surface area contributed by atoms with Crippen LogP contribution in [0.25, 0.3) is 0 Å². The Balaban J connectivity index is 2.26. The lowest BCUT2D eigenvalue weighted by Crippen LogP contribution is -2.55. The quantitative estimate of drug-likeness (QED) is 0.641. The van der Waals surface area contributed by atoms with E-state index < -0.39 is 11.5 Å². The van der Waals surface area contributed by atoms with Gasteiger partial charge in [-0.15, -0.1) is 0 Å². The Morgan fingerprint density at radius 3 is 2.40 bits per heavy atom. The fourth-order valence-corrected chi connectivity index (χ4v) is 4.47. The smallest absolute Gasteiger partial charge is 0.332 e. The fraction of sp³-hybridized carbons (Fsp3) is 0.667. The first-order valence-electron chi connectivity index (χ1n) is 10.8. The Kier molecular flexibility index (Phi) is 8.16. The van der Waals surface area contributed by atoms with Crippen molar-refractivity contribution in [3.8, 4) is 11.5 Å². The standard InChI is InChI=1S/C24H37NO5/c1-15(2)19-10-8-16(3)12-21(19)30-23(27)24(5,25-17(4)26)14-18-9-11-20(28-6)22(13-18)29-7/h9,11,13,15-16,19,21H,8,10,12,14H2,1-7H3,(H,25,26). The Labute approximate surface area is 180 Å². The summed E-state index contributed by atoms with van der Waals surface area (Å²) in [6.45, 7) is 9.70. The second kappa shape index (κ2) is 10.2. The van der Waals surface area contributed by atoms with Crippen LogP contribution in [-0.2, 0) is 20.7 Å². The number of methoxy groups -OCH3 is 2. The minimum atomic E-state index is -1.17. The maximum Gasteiger partial charge on any atom is 0.332 e. The van der Waals surface area contributed by atoms with Crippen molar-refractivity contribution in [3.05, 3.63) is 23.8 Å². The Morgan fingerprint density at radius 1 is 1.17 bits per heavy atom. The average molecular weight is 420 g/mol. The minimum absolute atomic E-state index is 0.125. The van der Waals surface area contributed by atoms with Gasteiger partial charge < -0.3 is 19.5 Å². The molecule has 0 saturated heterocycles. The minimum Gasteiger partial charge on any atom is -0.493 e. The molecule has 6 nitrogen and oxygen atoms in total. The summed E-state index contributed by atoms with van der Waals surface area (Å²) < 4.78 is 16.7. The first-order valence-corrected chi connectivity index (χ1v) is 10.8. The number of esters is 1. The van der Waals surface area contributed by atoms with E-state index in [0.29, 0.717) is 35.7 Å². The van der Waals surface area contributed by atoms with E-state index in [4.69, 9.17) is 14.2 Å². The van der Waals surface area contributed by atoms with Crippen molar-refractivity contribution in [2.45, 2.75) is 71.9 Å². The van der Waals surface area contributed by atoms with Gasteiger partial charge in [0, 0.05) is 13.3 Å². The van der Waals surface area contributed by atoms with Crippen LogP contribution >= 0.6 is 0 Å². The number of hydrogen-bond donors (Lipinski definition) is 1. The van der Waals surface area contributed by atoms with Crippen LogP contribution in [0.2, 0.25) is 0 Å². The highest BCUT2D eigenvalue weighted by atomic mass is 16.5. The predicted octanol–water partition coefficient (Wildman–Crippen LogP) is 4.15. The molecule has 0 bridgehead atoms. The van der Waals surface area contributed by atoms with E-state index in [2.05, 4.69) is 26.1 Å². The Morgan fingerprint density at radius 2 is 1.83 bits per heavy atom. The predicted molar refractivity (Wildman–Crippen MR) is 117 cm³/mol. The summed E-state index contributed by atoms with van der Waals surface area (Å²) >= 11 is 0. The van der Waals surface area contributed by atoms with Gasteiger partial charge in [0.25, 0.3) is 0 Å². The molecule has 1 fully saturated rings. The van der Waals surface area contributed by atoms with E-state index in [1.807, 2.05) is 12.1 Å². The van der Waals surface area contributed by atoms with Gasteiger partial charge in [0.1, 0.15) is 11.6 Å². The molecule has 0 heterocycles. The molecular formula is C24H37NO5. The zero-order chi connectivity index (χ0) is 22.5. The number of rotatable bonds is 8. The molecule has 1 amide bonds. The molecule has 1 aliphatic carbocycles. The van der Waals surface area contributed by atoms with Crippen LogP contribution in [0.4, 0.5) is 0 Å². The van der Waals surface area contributed by atoms with E-state index in [1.165, 1.54) is 6.92 Å². The van der Waals surface area contributed by atoms with Crippen LogP contribution in [0.5, 0.6) is 11.5 Å². The molecule has 0 aromatic heterocycles. The van der Waals surface area contributed by atoms with Crippen LogP contribution < -0.4 is 14.8 Å². The van der Waals surface area contributed by atoms with E-state index in [0.717, 1.165) is 24.8 Å². The van der Waals surface area contributed by atoms with Gasteiger partial charge in [-0.3, -0.25) is 4.79 Å². The van der Waals surface area contributed by atoms with Gasteiger partial charge in [-0.1, -0.05) is 33.3 Å². The second-order valence-corrected chi connectivity index (χ2v) is 9.15. The normalized spacial score (nSPS) is 23.4. The summed E-state index contributed by atoms with van der Waals surface area (Å²) in [6, 6.07) is 5.49. The highest BCUT2D eigenvalue weighted by molar-refractivity contribution is 5.87. The molecular weight excluding hydrogens is 382 g/mol. The monoisotopic (exact) mass is 419 g/mol. The summed E-state index contributed by atoms with van der Waals surface area (Å²) in [6.07, 6.45) is 3.25. The van der Waals surface area contributed by atoms with Crippen molar-refractivity contribution in [1.82, 2.24) is 5.32 Å². The Hall–Kier alpha value is -2.24. The maximum absolute atomic E-state index is 13.3. The van der Waals surface area contributed by atoms with Gasteiger partial charge in [-0.25, -0.2) is 4.79 Å². The highest BCUT2D eigenvalue weighted by Gasteiger charge is 2.41. The van der Waals surface area contributed by atoms with Crippen LogP contribution in [0.3, 0.4) is 0 Å². The number of carbonyl (C=O) groups is 2. The zero-order valence-electron chi connectivity index (χ0n) is 19.4. The Bertz CT molecular complexity index is 747. The number of ether oxygens (including phenoxy) is 3. The van der Waals surface area contributed by atoms with E-state index in [9.17, 15) is 9.59 Å². The van der Waals surface area contributed by atoms with Crippen LogP contribution in [0.15, 0.2) is 18.2 Å². The summed E-state index contributed by atoms with van der Waals surface area (Å²) in [5.41, 5.74) is -0.327. The van der Waals surface area contributed by atoms with Gasteiger partial charge >= 0.3 is 5.97 Å². The third-order valence-corrected chi connectivity index (χ3v) is 6.13. The van der Waals surface area contributed by atoms with Gasteiger partial charge in [-0.2, -0.15) is 0 Å². The molecule has 6 heteroatoms. The average Bonchev–Trinajstić information content (AvgIpc) is 2.66. The summed E-state index contributed by atoms with van der Waals surface area (Å²) in [4.78, 5) is 25.3. The SMILES string of the molecule is COc1ccc(CC(C)(NC(C)=O)C(=O)OC2CC(C)CCC2C(C)C)cc1OC. The van der Waals surface area contributed by atoms with E-state index in [1.54, 1.807) is 27.2 Å². The van der Waals surface area contributed by atoms with Crippen LogP contribution in [-0.4, -0.2) is 37.7 Å². The van der Waals surface area contributed by atoms with E-state index in [-0.39, 0.29) is 12.0 Å². The maximum atomic E-state index is 13.3. The lowest BCUT2D eigenvalue weighted by Gasteiger charge is -2.39. The molecule has 1 aliphatic rings. The lowest BCUT2D eigenvalue weighted by molar-refractivity contribution is -0.164. The van der Waals surface area contributed by atoms with E-state index >= 15 is 0 Å². The molecule has 1 aromatic carbocycles. The fourth-order valence-electron chi connectivity index (χ4n) is 4.47. The molecule has 30 heavy (non-hydrogen) atoms. The number of amides is 1. The third-order valence-electron chi connectivity index (χ3n) is 6.13. The van der Waals surface area contributed by atoms with Crippen molar-refractivity contribution in [2.24, 2.45) is 17.8 Å². The number of benzene rings is 1. The van der Waals surface area contributed by atoms with Crippen molar-refractivity contribution in [3.63, 3.8) is 0 Å². The molecule has 4 unspecified atom stereocenters. The summed E-state index contributed by atoms with van der Waals surface area (Å²) in [7, 11) is 3.14. The molecule has 4 atom stereocenters. The number of nitrogens with one attached hydrogen (secondary N) is 1. The number of hydrogen-bond acceptors (Lipinski definition) is 5. The summed E-state index contributed by atoms with van der Waals surface area (Å²) in [5.74, 6) is 1.83. The molecule has 0 radical (unpaired) electrons. The van der Waals surface area contributed by atoms with Gasteiger partial charge in [0.2, 0.25) is 5.91 Å². The second-order valence-electron chi connectivity index (χ2n) is 9.15. The zero-order valence-corrected chi connectivity index (χ0v) is 19.4. The topological polar surface area (TPSA) is 73.9 Å². The molecule has 0 aliphatic heterocycles. The van der Waals surface area contributed by atoms with Crippen molar-refractivity contribution in [1.29, 1.82) is 0 Å². The van der Waals surface area contributed by atoms with Crippen LogP contribution in [0.1, 0.15) is 59.4 Å². The third kappa shape index (κ3) is 5.89. The van der Waals surface area contributed by atoms with Crippen molar-refractivity contribution in [2.75, 3.05) is 14.2 Å². The lowest BCUT2D eigenvalue weighted by atomic mass is 9.75. The van der Waals surface area contributed by atoms with Crippen molar-refractivity contribution < 1.29 is 23.8 Å².